The van der Waals surface area contributed by atoms with Crippen molar-refractivity contribution < 1.29 is 9.59 Å². The molecule has 0 spiro atoms. The molecule has 0 saturated heterocycles. The van der Waals surface area contributed by atoms with Crippen LogP contribution in [-0.2, 0) is 22.6 Å². The van der Waals surface area contributed by atoms with Gasteiger partial charge in [-0.25, -0.2) is 4.79 Å². The van der Waals surface area contributed by atoms with Crippen molar-refractivity contribution in [2.45, 2.75) is 19.4 Å². The molecule has 8 heteroatoms. The lowest BCUT2D eigenvalue weighted by molar-refractivity contribution is -0.120. The summed E-state index contributed by atoms with van der Waals surface area (Å²) in [4.78, 5) is 48.2. The number of H-pyrrole nitrogens is 1. The number of hydrogen-bond acceptors (Lipinski definition) is 4. The molecule has 1 aromatic heterocycles. The number of aromatic nitrogens is 2. The monoisotopic (exact) mass is 356 g/mol. The molecule has 2 amide bonds. The molecule has 0 radical (unpaired) electrons. The number of amides is 2. The van der Waals surface area contributed by atoms with E-state index in [9.17, 15) is 19.2 Å². The molecule has 0 atom stereocenters. The summed E-state index contributed by atoms with van der Waals surface area (Å²) in [7, 11) is 0. The third-order valence-corrected chi connectivity index (χ3v) is 3.61. The van der Waals surface area contributed by atoms with E-state index in [1.165, 1.54) is 16.8 Å². The van der Waals surface area contributed by atoms with Crippen LogP contribution in [0.1, 0.15) is 12.0 Å². The minimum Gasteiger partial charge on any atom is -0.356 e. The van der Waals surface area contributed by atoms with Gasteiger partial charge in [0.15, 0.2) is 0 Å². The average molecular weight is 356 g/mol. The van der Waals surface area contributed by atoms with Crippen LogP contribution in [0.5, 0.6) is 0 Å². The van der Waals surface area contributed by atoms with Gasteiger partial charge in [-0.15, -0.1) is 0 Å². The molecule has 0 aliphatic rings. The van der Waals surface area contributed by atoms with Crippen molar-refractivity contribution in [1.29, 1.82) is 0 Å². The summed E-state index contributed by atoms with van der Waals surface area (Å²) in [6.45, 7) is 4.16. The Kier molecular flexibility index (Phi) is 6.67. The molecule has 3 N–H and O–H groups in total. The summed E-state index contributed by atoms with van der Waals surface area (Å²) < 4.78 is 1.37. The number of hydrogen-bond donors (Lipinski definition) is 3. The van der Waals surface area contributed by atoms with Crippen LogP contribution >= 0.6 is 0 Å². The lowest BCUT2D eigenvalue weighted by Crippen LogP contribution is -2.31. The first-order chi connectivity index (χ1) is 12.5. The largest absolute Gasteiger partial charge is 0.356 e. The summed E-state index contributed by atoms with van der Waals surface area (Å²) in [6.07, 6.45) is 3.23. The Morgan fingerprint density at radius 1 is 1.19 bits per heavy atom. The van der Waals surface area contributed by atoms with Crippen LogP contribution in [0.3, 0.4) is 0 Å². The number of aryl methyl sites for hydroxylation is 1. The number of anilines is 1. The average Bonchev–Trinajstić information content (AvgIpc) is 2.61. The highest BCUT2D eigenvalue weighted by molar-refractivity contribution is 5.99. The van der Waals surface area contributed by atoms with Crippen molar-refractivity contribution in [3.8, 4) is 0 Å². The fourth-order valence-corrected chi connectivity index (χ4v) is 2.31. The van der Waals surface area contributed by atoms with Gasteiger partial charge in [-0.05, 0) is 24.1 Å². The van der Waals surface area contributed by atoms with Gasteiger partial charge in [-0.3, -0.25) is 19.4 Å². The molecule has 0 aliphatic carbocycles. The number of aromatic amines is 1. The normalized spacial score (nSPS) is 10.2. The summed E-state index contributed by atoms with van der Waals surface area (Å²) in [5.74, 6) is -0.539. The predicted molar refractivity (Wildman–Crippen MR) is 97.9 cm³/mol. The molecule has 0 aliphatic heterocycles. The molecule has 0 bridgehead atoms. The van der Waals surface area contributed by atoms with E-state index < -0.39 is 11.2 Å². The lowest BCUT2D eigenvalue weighted by Gasteiger charge is -2.10. The fourth-order valence-electron chi connectivity index (χ4n) is 2.31. The Morgan fingerprint density at radius 2 is 1.96 bits per heavy atom. The number of benzene rings is 1. The summed E-state index contributed by atoms with van der Waals surface area (Å²) in [5.41, 5.74) is 0.335. The van der Waals surface area contributed by atoms with E-state index >= 15 is 0 Å². The Balaban J connectivity index is 1.84. The Hall–Kier alpha value is -3.42. The van der Waals surface area contributed by atoms with Crippen molar-refractivity contribution in [1.82, 2.24) is 14.9 Å². The Bertz CT molecular complexity index is 914. The number of rotatable bonds is 8. The van der Waals surface area contributed by atoms with Crippen LogP contribution in [-0.4, -0.2) is 27.9 Å². The second kappa shape index (κ2) is 9.16. The van der Waals surface area contributed by atoms with Crippen LogP contribution in [0.2, 0.25) is 0 Å². The van der Waals surface area contributed by atoms with E-state index in [0.29, 0.717) is 30.8 Å². The van der Waals surface area contributed by atoms with Gasteiger partial charge in [0.1, 0.15) is 0 Å². The number of carbonyl (C=O) groups is 2. The minimum atomic E-state index is -0.476. The van der Waals surface area contributed by atoms with E-state index in [0.717, 1.165) is 6.08 Å². The molecule has 0 unspecified atom stereocenters. The van der Waals surface area contributed by atoms with Crippen LogP contribution in [0, 0.1) is 0 Å². The fraction of sp³-hybridized carbons (Fsp3) is 0.222. The van der Waals surface area contributed by atoms with Crippen molar-refractivity contribution in [2.24, 2.45) is 0 Å². The van der Waals surface area contributed by atoms with Gasteiger partial charge in [0.2, 0.25) is 11.8 Å². The van der Waals surface area contributed by atoms with Crippen LogP contribution < -0.4 is 21.9 Å². The zero-order chi connectivity index (χ0) is 18.9. The van der Waals surface area contributed by atoms with Gasteiger partial charge in [-0.1, -0.05) is 24.8 Å². The zero-order valence-electron chi connectivity index (χ0n) is 14.2. The van der Waals surface area contributed by atoms with Gasteiger partial charge < -0.3 is 15.2 Å². The van der Waals surface area contributed by atoms with Crippen molar-refractivity contribution in [2.75, 3.05) is 11.9 Å². The smallest absolute Gasteiger partial charge is 0.328 e. The van der Waals surface area contributed by atoms with Gasteiger partial charge in [-0.2, -0.15) is 0 Å². The second-order valence-corrected chi connectivity index (χ2v) is 5.53. The maximum absolute atomic E-state index is 12.1. The highest BCUT2D eigenvalue weighted by atomic mass is 16.2. The van der Waals surface area contributed by atoms with Gasteiger partial charge in [0, 0.05) is 31.0 Å². The third-order valence-electron chi connectivity index (χ3n) is 3.61. The van der Waals surface area contributed by atoms with E-state index in [4.69, 9.17) is 0 Å². The standard InChI is InChI=1S/C18H20N4O4/c1-2-15(23)20-14-7-4-3-6-13(14)12-17(25)19-9-5-10-22-11-8-16(24)21-18(22)26/h2-4,6-8,11H,1,5,9-10,12H2,(H,19,25)(H,20,23)(H,21,24,26). The van der Waals surface area contributed by atoms with E-state index in [2.05, 4.69) is 22.2 Å². The molecule has 2 rings (SSSR count). The molecule has 0 saturated carbocycles. The molecule has 26 heavy (non-hydrogen) atoms. The molecule has 2 aromatic rings. The summed E-state index contributed by atoms with van der Waals surface area (Å²) in [5, 5.41) is 5.43. The van der Waals surface area contributed by atoms with E-state index in [1.54, 1.807) is 24.3 Å². The minimum absolute atomic E-state index is 0.117. The molecular weight excluding hydrogens is 336 g/mol. The summed E-state index contributed by atoms with van der Waals surface area (Å²) >= 11 is 0. The van der Waals surface area contributed by atoms with E-state index in [1.807, 2.05) is 0 Å². The van der Waals surface area contributed by atoms with Crippen molar-refractivity contribution in [3.05, 3.63) is 75.6 Å². The molecule has 1 aromatic carbocycles. The lowest BCUT2D eigenvalue weighted by atomic mass is 10.1. The maximum Gasteiger partial charge on any atom is 0.328 e. The van der Waals surface area contributed by atoms with Gasteiger partial charge in [0.05, 0.1) is 6.42 Å². The SMILES string of the molecule is C=CC(=O)Nc1ccccc1CC(=O)NCCCn1ccc(=O)[nH]c1=O. The van der Waals surface area contributed by atoms with Crippen LogP contribution in [0.15, 0.2) is 58.8 Å². The number of para-hydroxylation sites is 1. The van der Waals surface area contributed by atoms with Crippen molar-refractivity contribution >= 4 is 17.5 Å². The highest BCUT2D eigenvalue weighted by Crippen LogP contribution is 2.15. The van der Waals surface area contributed by atoms with Crippen LogP contribution in [0.25, 0.3) is 0 Å². The number of nitrogens with one attached hydrogen (secondary N) is 3. The molecule has 0 fully saturated rings. The first kappa shape index (κ1) is 18.9. The molecular formula is C18H20N4O4. The molecule has 8 nitrogen and oxygen atoms in total. The number of carbonyl (C=O) groups excluding carboxylic acids is 2. The number of nitrogens with zero attached hydrogens (tertiary/aromatic N) is 1. The Morgan fingerprint density at radius 3 is 2.69 bits per heavy atom. The van der Waals surface area contributed by atoms with Gasteiger partial charge >= 0.3 is 5.69 Å². The first-order valence-electron chi connectivity index (χ1n) is 8.07. The van der Waals surface area contributed by atoms with Gasteiger partial charge in [0.25, 0.3) is 5.56 Å². The molecule has 136 valence electrons. The maximum atomic E-state index is 12.1. The highest BCUT2D eigenvalue weighted by Gasteiger charge is 2.08. The van der Waals surface area contributed by atoms with E-state index in [-0.39, 0.29) is 18.2 Å². The Labute approximate surface area is 149 Å². The van der Waals surface area contributed by atoms with Crippen molar-refractivity contribution in [3.63, 3.8) is 0 Å². The predicted octanol–water partition coefficient (Wildman–Crippen LogP) is 0.410. The topological polar surface area (TPSA) is 113 Å². The first-order valence-corrected chi connectivity index (χ1v) is 8.07. The zero-order valence-corrected chi connectivity index (χ0v) is 14.2. The summed E-state index contributed by atoms with van der Waals surface area (Å²) in [6, 6.07) is 8.30. The van der Waals surface area contributed by atoms with Crippen LogP contribution in [0.4, 0.5) is 5.69 Å². The third kappa shape index (κ3) is 5.59. The second-order valence-electron chi connectivity index (χ2n) is 5.53. The quantitative estimate of drug-likeness (QED) is 0.470. The molecule has 1 heterocycles.